The van der Waals surface area contributed by atoms with Gasteiger partial charge in [-0.1, -0.05) is 19.3 Å². The predicted molar refractivity (Wildman–Crippen MR) is 72.0 cm³/mol. The molecule has 0 heterocycles. The van der Waals surface area contributed by atoms with E-state index in [-0.39, 0.29) is 24.3 Å². The number of amides is 2. The smallest absolute Gasteiger partial charge is 0.240 e. The molecule has 0 aromatic carbocycles. The lowest BCUT2D eigenvalue weighted by Crippen LogP contribution is -2.43. The quantitative estimate of drug-likeness (QED) is 0.790. The molecule has 0 radical (unpaired) electrons. The summed E-state index contributed by atoms with van der Waals surface area (Å²) >= 11 is 0. The summed E-state index contributed by atoms with van der Waals surface area (Å²) < 4.78 is 0. The Morgan fingerprint density at radius 3 is 2.42 bits per heavy atom. The molecule has 5 heteroatoms. The minimum atomic E-state index is -0.868. The zero-order chi connectivity index (χ0) is 14.3. The van der Waals surface area contributed by atoms with Crippen molar-refractivity contribution in [3.8, 4) is 6.07 Å². The highest BCUT2D eigenvalue weighted by Crippen LogP contribution is 2.35. The summed E-state index contributed by atoms with van der Waals surface area (Å²) in [5.74, 6) is -0.294. The first kappa shape index (κ1) is 15.5. The molecule has 2 N–H and O–H groups in total. The van der Waals surface area contributed by atoms with Crippen LogP contribution in [0.25, 0.3) is 0 Å². The summed E-state index contributed by atoms with van der Waals surface area (Å²) in [6.07, 6.45) is 4.46. The Bertz CT molecular complexity index is 365. The van der Waals surface area contributed by atoms with E-state index in [2.05, 4.69) is 16.7 Å². The molecule has 0 atom stereocenters. The Kier molecular flexibility index (Phi) is 5.81. The van der Waals surface area contributed by atoms with Gasteiger partial charge in [-0.3, -0.25) is 9.59 Å². The second-order valence-electron chi connectivity index (χ2n) is 5.48. The Morgan fingerprint density at radius 2 is 1.89 bits per heavy atom. The zero-order valence-electron chi connectivity index (χ0n) is 11.8. The molecule has 0 saturated heterocycles. The largest absolute Gasteiger partial charge is 0.354 e. The fourth-order valence-corrected chi connectivity index (χ4v) is 2.40. The van der Waals surface area contributed by atoms with Gasteiger partial charge in [-0.05, 0) is 26.7 Å². The number of nitrogens with zero attached hydrogens (tertiary/aromatic N) is 1. The van der Waals surface area contributed by atoms with Crippen LogP contribution in [0.15, 0.2) is 0 Å². The van der Waals surface area contributed by atoms with Crippen LogP contribution in [0.3, 0.4) is 0 Å². The molecule has 2 amide bonds. The molecule has 0 spiro atoms. The maximum Gasteiger partial charge on any atom is 0.240 e. The third-order valence-corrected chi connectivity index (χ3v) is 3.44. The highest BCUT2D eigenvalue weighted by atomic mass is 16.2. The Balaban J connectivity index is 2.38. The molecule has 1 saturated carbocycles. The first-order valence-electron chi connectivity index (χ1n) is 6.99. The van der Waals surface area contributed by atoms with E-state index in [9.17, 15) is 14.9 Å². The van der Waals surface area contributed by atoms with Crippen LogP contribution in [0, 0.1) is 16.7 Å². The van der Waals surface area contributed by atoms with Gasteiger partial charge in [0.1, 0.15) is 5.41 Å². The number of carbonyl (C=O) groups excluding carboxylic acids is 2. The average Bonchev–Trinajstić information content (AvgIpc) is 2.38. The van der Waals surface area contributed by atoms with Crippen LogP contribution in [-0.4, -0.2) is 24.4 Å². The lowest BCUT2D eigenvalue weighted by molar-refractivity contribution is -0.129. The first-order valence-corrected chi connectivity index (χ1v) is 6.99. The minimum absolute atomic E-state index is 0.0787. The number of rotatable bonds is 5. The monoisotopic (exact) mass is 265 g/mol. The third-order valence-electron chi connectivity index (χ3n) is 3.44. The van der Waals surface area contributed by atoms with Crippen molar-refractivity contribution in [1.82, 2.24) is 10.6 Å². The lowest BCUT2D eigenvalue weighted by Gasteiger charge is -2.29. The van der Waals surface area contributed by atoms with E-state index in [0.717, 1.165) is 19.3 Å². The van der Waals surface area contributed by atoms with Gasteiger partial charge < -0.3 is 10.6 Å². The van der Waals surface area contributed by atoms with E-state index in [1.54, 1.807) is 0 Å². The third kappa shape index (κ3) is 4.55. The summed E-state index contributed by atoms with van der Waals surface area (Å²) in [4.78, 5) is 23.5. The van der Waals surface area contributed by atoms with Crippen molar-refractivity contribution in [3.63, 3.8) is 0 Å². The normalized spacial score (nSPS) is 17.6. The molecule has 0 aromatic rings. The summed E-state index contributed by atoms with van der Waals surface area (Å²) in [6.45, 7) is 4.08. The van der Waals surface area contributed by atoms with Gasteiger partial charge in [-0.15, -0.1) is 0 Å². The summed E-state index contributed by atoms with van der Waals surface area (Å²) in [5, 5.41) is 14.7. The van der Waals surface area contributed by atoms with Crippen LogP contribution in [-0.2, 0) is 9.59 Å². The second kappa shape index (κ2) is 7.13. The Labute approximate surface area is 114 Å². The molecular formula is C14H23N3O2. The average molecular weight is 265 g/mol. The van der Waals surface area contributed by atoms with Gasteiger partial charge in [0.05, 0.1) is 6.07 Å². The van der Waals surface area contributed by atoms with Crippen molar-refractivity contribution in [2.24, 2.45) is 5.41 Å². The highest BCUT2D eigenvalue weighted by Gasteiger charge is 2.39. The van der Waals surface area contributed by atoms with Gasteiger partial charge in [-0.25, -0.2) is 0 Å². The van der Waals surface area contributed by atoms with Crippen LogP contribution in [0.4, 0.5) is 0 Å². The topological polar surface area (TPSA) is 82.0 Å². The Morgan fingerprint density at radius 1 is 1.26 bits per heavy atom. The van der Waals surface area contributed by atoms with E-state index in [4.69, 9.17) is 0 Å². The molecule has 0 bridgehead atoms. The molecule has 1 aliphatic carbocycles. The number of carbonyl (C=O) groups is 2. The van der Waals surface area contributed by atoms with E-state index in [0.29, 0.717) is 19.4 Å². The van der Waals surface area contributed by atoms with Gasteiger partial charge in [0.2, 0.25) is 11.8 Å². The standard InChI is InChI=1S/C14H23N3O2/c1-11(2)17-12(18)6-9-16-13(19)14(10-15)7-4-3-5-8-14/h11H,3-9H2,1-2H3,(H,16,19)(H,17,18). The van der Waals surface area contributed by atoms with Crippen LogP contribution in [0.5, 0.6) is 0 Å². The zero-order valence-corrected chi connectivity index (χ0v) is 11.8. The van der Waals surface area contributed by atoms with Crippen molar-refractivity contribution in [2.45, 2.75) is 58.4 Å². The van der Waals surface area contributed by atoms with E-state index in [1.807, 2.05) is 13.8 Å². The minimum Gasteiger partial charge on any atom is -0.354 e. The fraction of sp³-hybridized carbons (Fsp3) is 0.786. The Hall–Kier alpha value is -1.57. The van der Waals surface area contributed by atoms with Crippen LogP contribution in [0.1, 0.15) is 52.4 Å². The number of hydrogen-bond donors (Lipinski definition) is 2. The second-order valence-corrected chi connectivity index (χ2v) is 5.48. The van der Waals surface area contributed by atoms with Crippen LogP contribution in [0.2, 0.25) is 0 Å². The molecule has 0 aromatic heterocycles. The van der Waals surface area contributed by atoms with E-state index in [1.165, 1.54) is 0 Å². The number of nitrogens with one attached hydrogen (secondary N) is 2. The van der Waals surface area contributed by atoms with Crippen molar-refractivity contribution < 1.29 is 9.59 Å². The van der Waals surface area contributed by atoms with E-state index < -0.39 is 5.41 Å². The molecule has 1 rings (SSSR count). The maximum absolute atomic E-state index is 12.1. The molecule has 106 valence electrons. The molecule has 0 aliphatic heterocycles. The highest BCUT2D eigenvalue weighted by molar-refractivity contribution is 5.86. The molecule has 5 nitrogen and oxygen atoms in total. The number of hydrogen-bond acceptors (Lipinski definition) is 3. The predicted octanol–water partition coefficient (Wildman–Crippen LogP) is 1.49. The molecule has 19 heavy (non-hydrogen) atoms. The van der Waals surface area contributed by atoms with Crippen molar-refractivity contribution in [1.29, 1.82) is 5.26 Å². The van der Waals surface area contributed by atoms with Gasteiger partial charge in [0, 0.05) is 19.0 Å². The SMILES string of the molecule is CC(C)NC(=O)CCNC(=O)C1(C#N)CCCCC1. The van der Waals surface area contributed by atoms with Gasteiger partial charge >= 0.3 is 0 Å². The summed E-state index contributed by atoms with van der Waals surface area (Å²) in [6, 6.07) is 2.28. The van der Waals surface area contributed by atoms with Gasteiger partial charge in [0.15, 0.2) is 0 Å². The first-order chi connectivity index (χ1) is 9.00. The van der Waals surface area contributed by atoms with Crippen LogP contribution >= 0.6 is 0 Å². The van der Waals surface area contributed by atoms with Crippen molar-refractivity contribution >= 4 is 11.8 Å². The number of nitriles is 1. The van der Waals surface area contributed by atoms with Crippen molar-refractivity contribution in [3.05, 3.63) is 0 Å². The molecule has 1 fully saturated rings. The summed E-state index contributed by atoms with van der Waals surface area (Å²) in [7, 11) is 0. The van der Waals surface area contributed by atoms with Gasteiger partial charge in [0.25, 0.3) is 0 Å². The van der Waals surface area contributed by atoms with Gasteiger partial charge in [-0.2, -0.15) is 5.26 Å². The maximum atomic E-state index is 12.1. The lowest BCUT2D eigenvalue weighted by atomic mass is 9.74. The summed E-state index contributed by atoms with van der Waals surface area (Å²) in [5.41, 5.74) is -0.868. The van der Waals surface area contributed by atoms with Crippen molar-refractivity contribution in [2.75, 3.05) is 6.54 Å². The van der Waals surface area contributed by atoms with E-state index >= 15 is 0 Å². The fourth-order valence-electron chi connectivity index (χ4n) is 2.40. The van der Waals surface area contributed by atoms with Crippen LogP contribution < -0.4 is 10.6 Å². The molecule has 0 unspecified atom stereocenters. The molecule has 1 aliphatic rings. The molecular weight excluding hydrogens is 242 g/mol.